The smallest absolute Gasteiger partial charge is 0.211 e. The van der Waals surface area contributed by atoms with Crippen LogP contribution < -0.4 is 4.72 Å². The van der Waals surface area contributed by atoms with Gasteiger partial charge in [-0.2, -0.15) is 0 Å². The van der Waals surface area contributed by atoms with Crippen LogP contribution in [0.15, 0.2) is 36.5 Å². The molecule has 0 amide bonds. The Morgan fingerprint density at radius 2 is 2.09 bits per heavy atom. The summed E-state index contributed by atoms with van der Waals surface area (Å²) in [5.74, 6) is 0.718. The van der Waals surface area contributed by atoms with Crippen LogP contribution in [-0.4, -0.2) is 25.7 Å². The van der Waals surface area contributed by atoms with Crippen molar-refractivity contribution in [2.75, 3.05) is 12.3 Å². The van der Waals surface area contributed by atoms with Crippen molar-refractivity contribution in [3.05, 3.63) is 42.1 Å². The first-order chi connectivity index (χ1) is 10.6. The molecule has 22 heavy (non-hydrogen) atoms. The van der Waals surface area contributed by atoms with Crippen molar-refractivity contribution >= 4 is 20.9 Å². The molecule has 2 fully saturated rings. The molecule has 2 aliphatic rings. The van der Waals surface area contributed by atoms with Crippen molar-refractivity contribution in [1.29, 1.82) is 0 Å². The molecule has 0 radical (unpaired) electrons. The molecule has 1 spiro atoms. The van der Waals surface area contributed by atoms with Gasteiger partial charge in [0.15, 0.2) is 0 Å². The van der Waals surface area contributed by atoms with Crippen LogP contribution in [0.4, 0.5) is 0 Å². The summed E-state index contributed by atoms with van der Waals surface area (Å²) in [5.41, 5.74) is 2.47. The topological polar surface area (TPSA) is 59.1 Å². The molecular formula is C17H20N2O2S. The largest absolute Gasteiger partial charge is 0.256 e. The van der Waals surface area contributed by atoms with E-state index in [1.807, 2.05) is 30.5 Å². The van der Waals surface area contributed by atoms with Crippen LogP contribution in [-0.2, 0) is 16.4 Å². The molecule has 4 rings (SSSR count). The maximum Gasteiger partial charge on any atom is 0.211 e. The monoisotopic (exact) mass is 316 g/mol. The predicted octanol–water partition coefficient (Wildman–Crippen LogP) is 2.50. The average molecular weight is 316 g/mol. The third-order valence-corrected chi connectivity index (χ3v) is 6.54. The number of nitrogens with one attached hydrogen (secondary N) is 1. The van der Waals surface area contributed by atoms with Gasteiger partial charge >= 0.3 is 0 Å². The number of aromatic nitrogens is 1. The highest BCUT2D eigenvalue weighted by Gasteiger charge is 2.63. The molecule has 0 aliphatic heterocycles. The molecule has 2 aromatic rings. The lowest BCUT2D eigenvalue weighted by Crippen LogP contribution is -2.29. The first kappa shape index (κ1) is 14.2. The first-order valence-corrected chi connectivity index (χ1v) is 9.53. The SMILES string of the molecule is O=S(=O)(CC1CC12CC2)NCCc1cnc2ccccc2c1. The fraction of sp³-hybridized carbons (Fsp3) is 0.471. The highest BCUT2D eigenvalue weighted by molar-refractivity contribution is 7.89. The van der Waals surface area contributed by atoms with Crippen molar-refractivity contribution in [2.45, 2.75) is 25.7 Å². The number of rotatable bonds is 6. The van der Waals surface area contributed by atoms with E-state index in [9.17, 15) is 8.42 Å². The van der Waals surface area contributed by atoms with E-state index in [0.717, 1.165) is 22.9 Å². The van der Waals surface area contributed by atoms with E-state index in [-0.39, 0.29) is 0 Å². The number of nitrogens with zero attached hydrogens (tertiary/aromatic N) is 1. The molecule has 116 valence electrons. The molecule has 1 aromatic heterocycles. The summed E-state index contributed by atoms with van der Waals surface area (Å²) >= 11 is 0. The normalized spacial score (nSPS) is 22.1. The number of hydrogen-bond acceptors (Lipinski definition) is 3. The van der Waals surface area contributed by atoms with E-state index in [0.29, 0.717) is 30.1 Å². The molecule has 1 unspecified atom stereocenters. The zero-order chi connectivity index (χ0) is 15.2. The van der Waals surface area contributed by atoms with Gasteiger partial charge in [-0.3, -0.25) is 4.98 Å². The summed E-state index contributed by atoms with van der Waals surface area (Å²) < 4.78 is 26.9. The number of para-hydroxylation sites is 1. The maximum atomic E-state index is 12.1. The van der Waals surface area contributed by atoms with Gasteiger partial charge in [0.05, 0.1) is 11.3 Å². The van der Waals surface area contributed by atoms with E-state index in [1.165, 1.54) is 12.8 Å². The molecular weight excluding hydrogens is 296 g/mol. The number of fused-ring (bicyclic) bond motifs is 1. The highest BCUT2D eigenvalue weighted by Crippen LogP contribution is 2.70. The second-order valence-electron chi connectivity index (χ2n) is 6.73. The van der Waals surface area contributed by atoms with E-state index >= 15 is 0 Å². The Labute approximate surface area is 131 Å². The van der Waals surface area contributed by atoms with E-state index in [4.69, 9.17) is 0 Å². The van der Waals surface area contributed by atoms with Gasteiger partial charge in [-0.15, -0.1) is 0 Å². The van der Waals surface area contributed by atoms with Crippen LogP contribution in [0.5, 0.6) is 0 Å². The lowest BCUT2D eigenvalue weighted by atomic mass is 10.1. The molecule has 0 saturated heterocycles. The van der Waals surface area contributed by atoms with Crippen molar-refractivity contribution in [2.24, 2.45) is 11.3 Å². The Bertz CT molecular complexity index is 812. The Kier molecular flexibility index (Phi) is 3.24. The van der Waals surface area contributed by atoms with Crippen LogP contribution in [0, 0.1) is 11.3 Å². The quantitative estimate of drug-likeness (QED) is 0.891. The van der Waals surface area contributed by atoms with Gasteiger partial charge in [0, 0.05) is 18.1 Å². The van der Waals surface area contributed by atoms with E-state index in [1.54, 1.807) is 0 Å². The van der Waals surface area contributed by atoms with Crippen LogP contribution in [0.2, 0.25) is 0 Å². The summed E-state index contributed by atoms with van der Waals surface area (Å²) in [6, 6.07) is 10.0. The minimum Gasteiger partial charge on any atom is -0.256 e. The minimum absolute atomic E-state index is 0.309. The second kappa shape index (κ2) is 5.03. The second-order valence-corrected chi connectivity index (χ2v) is 8.58. The molecule has 0 bridgehead atoms. The van der Waals surface area contributed by atoms with Crippen LogP contribution in [0.25, 0.3) is 10.9 Å². The molecule has 1 aromatic carbocycles. The number of hydrogen-bond donors (Lipinski definition) is 1. The molecule has 4 nitrogen and oxygen atoms in total. The molecule has 1 heterocycles. The summed E-state index contributed by atoms with van der Waals surface area (Å²) in [6.07, 6.45) is 6.08. The minimum atomic E-state index is -3.13. The highest BCUT2D eigenvalue weighted by atomic mass is 32.2. The fourth-order valence-corrected chi connectivity index (χ4v) is 4.90. The zero-order valence-electron chi connectivity index (χ0n) is 12.5. The van der Waals surface area contributed by atoms with Gasteiger partial charge < -0.3 is 0 Å². The van der Waals surface area contributed by atoms with Gasteiger partial charge in [-0.1, -0.05) is 18.2 Å². The average Bonchev–Trinajstić information content (AvgIpc) is 3.39. The summed E-state index contributed by atoms with van der Waals surface area (Å²) in [6.45, 7) is 0.447. The third kappa shape index (κ3) is 2.88. The number of benzene rings is 1. The molecule has 5 heteroatoms. The molecule has 1 N–H and O–H groups in total. The summed E-state index contributed by atoms with van der Waals surface area (Å²) in [5, 5.41) is 1.09. The first-order valence-electron chi connectivity index (χ1n) is 7.87. The van der Waals surface area contributed by atoms with Crippen LogP contribution in [0.1, 0.15) is 24.8 Å². The lowest BCUT2D eigenvalue weighted by Gasteiger charge is -2.07. The fourth-order valence-electron chi connectivity index (χ4n) is 3.37. The Hall–Kier alpha value is -1.46. The van der Waals surface area contributed by atoms with Crippen LogP contribution >= 0.6 is 0 Å². The van der Waals surface area contributed by atoms with Gasteiger partial charge in [-0.25, -0.2) is 13.1 Å². The van der Waals surface area contributed by atoms with Crippen molar-refractivity contribution in [3.63, 3.8) is 0 Å². The maximum absolute atomic E-state index is 12.1. The summed E-state index contributed by atoms with van der Waals surface area (Å²) in [4.78, 5) is 4.40. The third-order valence-electron chi connectivity index (χ3n) is 5.05. The van der Waals surface area contributed by atoms with Gasteiger partial charge in [0.2, 0.25) is 10.0 Å². The summed E-state index contributed by atoms with van der Waals surface area (Å²) in [7, 11) is -3.13. The van der Waals surface area contributed by atoms with Crippen molar-refractivity contribution < 1.29 is 8.42 Å². The van der Waals surface area contributed by atoms with Crippen LogP contribution in [0.3, 0.4) is 0 Å². The van der Waals surface area contributed by atoms with Gasteiger partial charge in [-0.05, 0) is 54.7 Å². The van der Waals surface area contributed by atoms with E-state index in [2.05, 4.69) is 15.8 Å². The Morgan fingerprint density at radius 3 is 2.86 bits per heavy atom. The lowest BCUT2D eigenvalue weighted by molar-refractivity contribution is 0.574. The molecule has 2 saturated carbocycles. The van der Waals surface area contributed by atoms with E-state index < -0.39 is 10.0 Å². The standard InChI is InChI=1S/C17H20N2O2S/c20-22(21,12-15-10-17(15)6-7-17)19-8-5-13-9-14-3-1-2-4-16(14)18-11-13/h1-4,9,11,15,19H,5-8,10,12H2. The predicted molar refractivity (Wildman–Crippen MR) is 87.0 cm³/mol. The van der Waals surface area contributed by atoms with Gasteiger partial charge in [0.1, 0.15) is 0 Å². The number of pyridine rings is 1. The molecule has 2 aliphatic carbocycles. The van der Waals surface area contributed by atoms with Gasteiger partial charge in [0.25, 0.3) is 0 Å². The zero-order valence-corrected chi connectivity index (χ0v) is 13.3. The molecule has 1 atom stereocenters. The number of sulfonamides is 1. The Morgan fingerprint density at radius 1 is 1.27 bits per heavy atom. The van der Waals surface area contributed by atoms with Crippen molar-refractivity contribution in [3.8, 4) is 0 Å². The Balaban J connectivity index is 1.33. The van der Waals surface area contributed by atoms with Crippen molar-refractivity contribution in [1.82, 2.24) is 9.71 Å².